The fraction of sp³-hybridized carbons (Fsp3) is 0.240. The zero-order chi connectivity index (χ0) is 24.0. The molecule has 1 aliphatic rings. The highest BCUT2D eigenvalue weighted by atomic mass is 19.4. The molecule has 0 radical (unpaired) electrons. The Morgan fingerprint density at radius 2 is 1.97 bits per heavy atom. The SMILES string of the molecule is Cc1cc2c(n1-c1cccc(C(F)(F)F)c1)CCCC2NC(=O)c1cnc2ccccn2c1=O. The smallest absolute Gasteiger partial charge is 0.345 e. The summed E-state index contributed by atoms with van der Waals surface area (Å²) < 4.78 is 42.9. The lowest BCUT2D eigenvalue weighted by Crippen LogP contribution is -2.35. The molecular weight excluding hydrogens is 445 g/mol. The minimum Gasteiger partial charge on any atom is -0.345 e. The van der Waals surface area contributed by atoms with E-state index >= 15 is 0 Å². The predicted octanol–water partition coefficient (Wildman–Crippen LogP) is 4.62. The molecule has 34 heavy (non-hydrogen) atoms. The second kappa shape index (κ2) is 8.16. The lowest BCUT2D eigenvalue weighted by Gasteiger charge is -2.25. The molecule has 1 atom stereocenters. The third-order valence-corrected chi connectivity index (χ3v) is 6.20. The van der Waals surface area contributed by atoms with Crippen molar-refractivity contribution in [2.24, 2.45) is 0 Å². The summed E-state index contributed by atoms with van der Waals surface area (Å²) in [4.78, 5) is 30.0. The molecule has 0 aliphatic heterocycles. The van der Waals surface area contributed by atoms with Gasteiger partial charge in [-0.05, 0) is 68.1 Å². The number of carbonyl (C=O) groups is 1. The maximum absolute atomic E-state index is 13.3. The van der Waals surface area contributed by atoms with Crippen molar-refractivity contribution in [3.8, 4) is 5.69 Å². The van der Waals surface area contributed by atoms with Crippen LogP contribution in [-0.4, -0.2) is 19.9 Å². The molecule has 0 saturated carbocycles. The monoisotopic (exact) mass is 466 g/mol. The Labute approximate surface area is 192 Å². The number of fused-ring (bicyclic) bond motifs is 2. The van der Waals surface area contributed by atoms with Crippen molar-refractivity contribution in [1.82, 2.24) is 19.3 Å². The number of carbonyl (C=O) groups excluding carboxylic acids is 1. The number of pyridine rings is 1. The molecule has 5 rings (SSSR count). The molecule has 1 aliphatic carbocycles. The van der Waals surface area contributed by atoms with Gasteiger partial charge in [0, 0.05) is 29.5 Å². The van der Waals surface area contributed by atoms with E-state index in [1.807, 2.05) is 17.6 Å². The van der Waals surface area contributed by atoms with E-state index in [1.54, 1.807) is 30.5 Å². The zero-order valence-corrected chi connectivity index (χ0v) is 18.3. The van der Waals surface area contributed by atoms with Gasteiger partial charge in [0.15, 0.2) is 0 Å². The van der Waals surface area contributed by atoms with E-state index in [4.69, 9.17) is 0 Å². The Hall–Kier alpha value is -3.88. The highest BCUT2D eigenvalue weighted by Gasteiger charge is 2.32. The number of halogens is 3. The second-order valence-corrected chi connectivity index (χ2v) is 8.40. The van der Waals surface area contributed by atoms with Crippen LogP contribution in [0.1, 0.15) is 51.8 Å². The number of hydrogen-bond acceptors (Lipinski definition) is 3. The standard InChI is InChI=1S/C25H21F3N4O2/c1-15-12-18-20(30-23(33)19-14-29-22-10-2-3-11-31(22)24(19)34)8-5-9-21(18)32(15)17-7-4-6-16(13-17)25(26,27)28/h2-4,6-7,10-14,20H,5,8-9H2,1H3,(H,30,33). The highest BCUT2D eigenvalue weighted by Crippen LogP contribution is 2.36. The van der Waals surface area contributed by atoms with Crippen molar-refractivity contribution >= 4 is 11.6 Å². The van der Waals surface area contributed by atoms with E-state index < -0.39 is 23.2 Å². The third kappa shape index (κ3) is 3.76. The van der Waals surface area contributed by atoms with Crippen LogP contribution in [0.5, 0.6) is 0 Å². The Bertz CT molecular complexity index is 1470. The van der Waals surface area contributed by atoms with Gasteiger partial charge in [-0.25, -0.2) is 4.98 Å². The first kappa shape index (κ1) is 21.9. The summed E-state index contributed by atoms with van der Waals surface area (Å²) in [7, 11) is 0. The third-order valence-electron chi connectivity index (χ3n) is 6.20. The molecular formula is C25H21F3N4O2. The molecule has 1 amide bonds. The van der Waals surface area contributed by atoms with Crippen LogP contribution in [0.2, 0.25) is 0 Å². The van der Waals surface area contributed by atoms with Gasteiger partial charge < -0.3 is 9.88 Å². The lowest BCUT2D eigenvalue weighted by molar-refractivity contribution is -0.137. The van der Waals surface area contributed by atoms with E-state index in [1.165, 1.54) is 16.7 Å². The first-order chi connectivity index (χ1) is 16.2. The molecule has 6 nitrogen and oxygen atoms in total. The Morgan fingerprint density at radius 1 is 1.15 bits per heavy atom. The molecule has 4 aromatic rings. The van der Waals surface area contributed by atoms with Crippen molar-refractivity contribution in [1.29, 1.82) is 0 Å². The number of benzene rings is 1. The Balaban J connectivity index is 1.49. The molecule has 0 spiro atoms. The maximum Gasteiger partial charge on any atom is 0.416 e. The van der Waals surface area contributed by atoms with Crippen LogP contribution in [0.4, 0.5) is 13.2 Å². The van der Waals surface area contributed by atoms with Crippen molar-refractivity contribution in [2.45, 2.75) is 38.4 Å². The summed E-state index contributed by atoms with van der Waals surface area (Å²) >= 11 is 0. The molecule has 174 valence electrons. The quantitative estimate of drug-likeness (QED) is 0.479. The zero-order valence-electron chi connectivity index (χ0n) is 18.3. The van der Waals surface area contributed by atoms with E-state index in [0.717, 1.165) is 35.5 Å². The number of hydrogen-bond donors (Lipinski definition) is 1. The van der Waals surface area contributed by atoms with Gasteiger partial charge in [0.25, 0.3) is 11.5 Å². The summed E-state index contributed by atoms with van der Waals surface area (Å²) in [6, 6.07) is 11.9. The molecule has 3 heterocycles. The summed E-state index contributed by atoms with van der Waals surface area (Å²) in [5, 5.41) is 2.94. The van der Waals surface area contributed by atoms with Crippen LogP contribution in [0.3, 0.4) is 0 Å². The van der Waals surface area contributed by atoms with E-state index in [9.17, 15) is 22.8 Å². The van der Waals surface area contributed by atoms with Gasteiger partial charge in [-0.15, -0.1) is 0 Å². The molecule has 3 aromatic heterocycles. The summed E-state index contributed by atoms with van der Waals surface area (Å²) in [6.07, 6.45) is 0.471. The summed E-state index contributed by atoms with van der Waals surface area (Å²) in [5.74, 6) is -0.530. The number of alkyl halides is 3. The highest BCUT2D eigenvalue weighted by molar-refractivity contribution is 5.94. The van der Waals surface area contributed by atoms with Crippen molar-refractivity contribution in [3.05, 3.63) is 99.4 Å². The average Bonchev–Trinajstić information content (AvgIpc) is 3.16. The number of amides is 1. The minimum absolute atomic E-state index is 0.0649. The lowest BCUT2D eigenvalue weighted by atomic mass is 9.92. The molecule has 1 aromatic carbocycles. The normalized spacial score (nSPS) is 15.8. The van der Waals surface area contributed by atoms with Gasteiger partial charge in [-0.1, -0.05) is 12.1 Å². The number of aromatic nitrogens is 3. The number of nitrogens with one attached hydrogen (secondary N) is 1. The van der Waals surface area contributed by atoms with Gasteiger partial charge in [0.1, 0.15) is 11.2 Å². The molecule has 1 N–H and O–H groups in total. The van der Waals surface area contributed by atoms with Crippen molar-refractivity contribution in [2.75, 3.05) is 0 Å². The van der Waals surface area contributed by atoms with Crippen LogP contribution >= 0.6 is 0 Å². The Morgan fingerprint density at radius 3 is 2.76 bits per heavy atom. The maximum atomic E-state index is 13.3. The van der Waals surface area contributed by atoms with Crippen LogP contribution in [0, 0.1) is 6.92 Å². The fourth-order valence-corrected chi connectivity index (χ4v) is 4.65. The van der Waals surface area contributed by atoms with E-state index in [0.29, 0.717) is 24.2 Å². The van der Waals surface area contributed by atoms with Crippen LogP contribution in [-0.2, 0) is 12.6 Å². The first-order valence-electron chi connectivity index (χ1n) is 10.9. The molecule has 1 unspecified atom stereocenters. The van der Waals surface area contributed by atoms with Gasteiger partial charge in [-0.2, -0.15) is 13.2 Å². The fourth-order valence-electron chi connectivity index (χ4n) is 4.65. The molecule has 9 heteroatoms. The second-order valence-electron chi connectivity index (χ2n) is 8.40. The van der Waals surface area contributed by atoms with Gasteiger partial charge in [0.05, 0.1) is 11.6 Å². The van der Waals surface area contributed by atoms with Crippen molar-refractivity contribution in [3.63, 3.8) is 0 Å². The van der Waals surface area contributed by atoms with Crippen LogP contribution < -0.4 is 10.9 Å². The number of rotatable bonds is 3. The molecule has 0 fully saturated rings. The molecule has 0 bridgehead atoms. The summed E-state index contributed by atoms with van der Waals surface area (Å²) in [5.41, 5.74) is 2.12. The van der Waals surface area contributed by atoms with Crippen molar-refractivity contribution < 1.29 is 18.0 Å². The van der Waals surface area contributed by atoms with E-state index in [-0.39, 0.29) is 11.6 Å². The first-order valence-corrected chi connectivity index (χ1v) is 10.9. The van der Waals surface area contributed by atoms with Gasteiger partial charge >= 0.3 is 6.18 Å². The Kier molecular flexibility index (Phi) is 5.27. The topological polar surface area (TPSA) is 68.4 Å². The van der Waals surface area contributed by atoms with E-state index in [2.05, 4.69) is 10.3 Å². The van der Waals surface area contributed by atoms with Gasteiger partial charge in [-0.3, -0.25) is 14.0 Å². The molecule has 0 saturated heterocycles. The number of nitrogens with zero attached hydrogens (tertiary/aromatic N) is 3. The summed E-state index contributed by atoms with van der Waals surface area (Å²) in [6.45, 7) is 1.83. The largest absolute Gasteiger partial charge is 0.416 e. The average molecular weight is 466 g/mol. The van der Waals surface area contributed by atoms with Crippen LogP contribution in [0.15, 0.2) is 65.7 Å². The predicted molar refractivity (Wildman–Crippen MR) is 120 cm³/mol. The minimum atomic E-state index is -4.43. The van der Waals surface area contributed by atoms with Crippen LogP contribution in [0.25, 0.3) is 11.3 Å². The van der Waals surface area contributed by atoms with Gasteiger partial charge in [0.2, 0.25) is 0 Å². The number of aryl methyl sites for hydroxylation is 1.